The minimum Gasteiger partial charge on any atom is -0.398 e. The fourth-order valence-corrected chi connectivity index (χ4v) is 2.32. The third-order valence-corrected chi connectivity index (χ3v) is 3.56. The summed E-state index contributed by atoms with van der Waals surface area (Å²) in [6.45, 7) is 1.60. The van der Waals surface area contributed by atoms with Gasteiger partial charge in [-0.3, -0.25) is 19.3 Å². The molecular formula is C12H13N3O3S. The number of imide groups is 1. The van der Waals surface area contributed by atoms with Gasteiger partial charge in [0.15, 0.2) is 0 Å². The zero-order chi connectivity index (χ0) is 14.0. The van der Waals surface area contributed by atoms with Gasteiger partial charge in [-0.2, -0.15) is 0 Å². The molecule has 0 saturated carbocycles. The predicted molar refractivity (Wildman–Crippen MR) is 73.8 cm³/mol. The predicted octanol–water partition coefficient (Wildman–Crippen LogP) is 1.21. The van der Waals surface area contributed by atoms with Crippen LogP contribution in [-0.4, -0.2) is 34.3 Å². The van der Waals surface area contributed by atoms with Crippen LogP contribution in [0.5, 0.6) is 0 Å². The Morgan fingerprint density at radius 3 is 2.79 bits per heavy atom. The van der Waals surface area contributed by atoms with E-state index in [1.807, 2.05) is 6.92 Å². The molecule has 3 amide bonds. The highest BCUT2D eigenvalue weighted by atomic mass is 32.2. The molecule has 1 saturated heterocycles. The summed E-state index contributed by atoms with van der Waals surface area (Å²) in [5.74, 6) is -0.662. The van der Waals surface area contributed by atoms with Crippen LogP contribution >= 0.6 is 11.8 Å². The third-order valence-electron chi connectivity index (χ3n) is 2.71. The lowest BCUT2D eigenvalue weighted by molar-refractivity contribution is -0.128. The quantitative estimate of drug-likeness (QED) is 0.811. The molecule has 6 nitrogen and oxygen atoms in total. The van der Waals surface area contributed by atoms with Crippen molar-refractivity contribution in [2.24, 2.45) is 0 Å². The summed E-state index contributed by atoms with van der Waals surface area (Å²) >= 11 is 0.904. The molecule has 0 spiro atoms. The largest absolute Gasteiger partial charge is 0.398 e. The summed E-state index contributed by atoms with van der Waals surface area (Å²) in [6.07, 6.45) is 0. The average Bonchev–Trinajstić information content (AvgIpc) is 2.66. The highest BCUT2D eigenvalue weighted by Gasteiger charge is 2.31. The molecule has 7 heteroatoms. The van der Waals surface area contributed by atoms with E-state index in [4.69, 9.17) is 5.73 Å². The van der Waals surface area contributed by atoms with Crippen molar-refractivity contribution in [1.82, 2.24) is 4.90 Å². The van der Waals surface area contributed by atoms with Gasteiger partial charge in [0, 0.05) is 11.4 Å². The van der Waals surface area contributed by atoms with Gasteiger partial charge in [-0.15, -0.1) is 0 Å². The number of amides is 3. The zero-order valence-corrected chi connectivity index (χ0v) is 11.1. The molecule has 1 heterocycles. The van der Waals surface area contributed by atoms with Crippen LogP contribution in [0.2, 0.25) is 0 Å². The van der Waals surface area contributed by atoms with E-state index in [-0.39, 0.29) is 23.4 Å². The van der Waals surface area contributed by atoms with Crippen molar-refractivity contribution in [3.05, 3.63) is 23.8 Å². The first-order valence-corrected chi connectivity index (χ1v) is 6.59. The standard InChI is InChI=1S/C12H13N3O3S/c1-7-2-3-8(4-9(7)13)14-10(16)5-15-11(17)6-19-12(15)18/h2-4H,5-6,13H2,1H3,(H,14,16). The van der Waals surface area contributed by atoms with Gasteiger partial charge in [0.25, 0.3) is 5.24 Å². The summed E-state index contributed by atoms with van der Waals surface area (Å²) in [4.78, 5) is 35.4. The normalized spacial score (nSPS) is 14.9. The first-order chi connectivity index (χ1) is 8.97. The molecule has 1 aliphatic rings. The minimum atomic E-state index is -0.424. The molecule has 0 atom stereocenters. The summed E-state index contributed by atoms with van der Waals surface area (Å²) < 4.78 is 0. The van der Waals surface area contributed by atoms with Crippen molar-refractivity contribution in [3.63, 3.8) is 0 Å². The number of nitrogens with two attached hydrogens (primary N) is 1. The molecule has 3 N–H and O–H groups in total. The number of rotatable bonds is 3. The van der Waals surface area contributed by atoms with E-state index >= 15 is 0 Å². The Balaban J connectivity index is 1.99. The lowest BCUT2D eigenvalue weighted by atomic mass is 10.2. The Morgan fingerprint density at radius 2 is 2.21 bits per heavy atom. The number of hydrogen-bond acceptors (Lipinski definition) is 5. The fourth-order valence-electron chi connectivity index (χ4n) is 1.60. The second-order valence-electron chi connectivity index (χ2n) is 4.15. The van der Waals surface area contributed by atoms with Crippen molar-refractivity contribution in [2.45, 2.75) is 6.92 Å². The van der Waals surface area contributed by atoms with Crippen LogP contribution in [-0.2, 0) is 9.59 Å². The van der Waals surface area contributed by atoms with Gasteiger partial charge >= 0.3 is 0 Å². The third kappa shape index (κ3) is 3.05. The van der Waals surface area contributed by atoms with Crippen LogP contribution in [0.4, 0.5) is 16.2 Å². The second kappa shape index (κ2) is 5.31. The SMILES string of the molecule is Cc1ccc(NC(=O)CN2C(=O)CSC2=O)cc1N. The van der Waals surface area contributed by atoms with E-state index in [0.717, 1.165) is 22.2 Å². The molecule has 1 aromatic carbocycles. The number of nitrogen functional groups attached to an aromatic ring is 1. The Hall–Kier alpha value is -2.02. The van der Waals surface area contributed by atoms with E-state index in [0.29, 0.717) is 11.4 Å². The van der Waals surface area contributed by atoms with Crippen LogP contribution < -0.4 is 11.1 Å². The van der Waals surface area contributed by atoms with Crippen molar-refractivity contribution in [1.29, 1.82) is 0 Å². The van der Waals surface area contributed by atoms with E-state index in [9.17, 15) is 14.4 Å². The lowest BCUT2D eigenvalue weighted by Crippen LogP contribution is -2.36. The maximum absolute atomic E-state index is 11.7. The first-order valence-electron chi connectivity index (χ1n) is 5.60. The van der Waals surface area contributed by atoms with Crippen molar-refractivity contribution < 1.29 is 14.4 Å². The molecule has 1 aliphatic heterocycles. The van der Waals surface area contributed by atoms with Crippen LogP contribution in [0.15, 0.2) is 18.2 Å². The minimum absolute atomic E-state index is 0.101. The number of benzene rings is 1. The van der Waals surface area contributed by atoms with Gasteiger partial charge in [-0.25, -0.2) is 0 Å². The zero-order valence-electron chi connectivity index (χ0n) is 10.3. The van der Waals surface area contributed by atoms with Crippen LogP contribution in [0.1, 0.15) is 5.56 Å². The molecule has 1 aromatic rings. The Labute approximate surface area is 114 Å². The maximum atomic E-state index is 11.7. The molecule has 19 heavy (non-hydrogen) atoms. The van der Waals surface area contributed by atoms with Gasteiger partial charge in [-0.05, 0) is 24.6 Å². The van der Waals surface area contributed by atoms with Crippen molar-refractivity contribution in [2.75, 3.05) is 23.3 Å². The molecule has 100 valence electrons. The van der Waals surface area contributed by atoms with Gasteiger partial charge in [0.1, 0.15) is 6.54 Å². The Morgan fingerprint density at radius 1 is 1.47 bits per heavy atom. The maximum Gasteiger partial charge on any atom is 0.289 e. The summed E-state index contributed by atoms with van der Waals surface area (Å²) in [6, 6.07) is 5.13. The highest BCUT2D eigenvalue weighted by Crippen LogP contribution is 2.19. The topological polar surface area (TPSA) is 92.5 Å². The summed E-state index contributed by atoms with van der Waals surface area (Å²) in [7, 11) is 0. The highest BCUT2D eigenvalue weighted by molar-refractivity contribution is 8.14. The summed E-state index contributed by atoms with van der Waals surface area (Å²) in [5, 5.41) is 2.22. The number of thioether (sulfide) groups is 1. The van der Waals surface area contributed by atoms with Gasteiger partial charge in [0.2, 0.25) is 11.8 Å². The first kappa shape index (κ1) is 13.4. The van der Waals surface area contributed by atoms with Crippen molar-refractivity contribution >= 4 is 40.2 Å². The van der Waals surface area contributed by atoms with E-state index in [1.54, 1.807) is 18.2 Å². The molecular weight excluding hydrogens is 266 g/mol. The van der Waals surface area contributed by atoms with E-state index in [1.165, 1.54) is 0 Å². The number of hydrogen-bond donors (Lipinski definition) is 2. The Bertz CT molecular complexity index is 543. The molecule has 0 bridgehead atoms. The molecule has 0 aromatic heterocycles. The number of carbonyl (C=O) groups excluding carboxylic acids is 3. The molecule has 0 unspecified atom stereocenters. The second-order valence-corrected chi connectivity index (χ2v) is 5.08. The molecule has 2 rings (SSSR count). The number of aryl methyl sites for hydroxylation is 1. The number of carbonyl (C=O) groups is 3. The van der Waals surface area contributed by atoms with Gasteiger partial charge in [0.05, 0.1) is 5.75 Å². The van der Waals surface area contributed by atoms with Crippen LogP contribution in [0, 0.1) is 6.92 Å². The monoisotopic (exact) mass is 279 g/mol. The number of nitrogens with zero attached hydrogens (tertiary/aromatic N) is 1. The van der Waals surface area contributed by atoms with Crippen LogP contribution in [0.25, 0.3) is 0 Å². The van der Waals surface area contributed by atoms with E-state index in [2.05, 4.69) is 5.32 Å². The van der Waals surface area contributed by atoms with Crippen molar-refractivity contribution in [3.8, 4) is 0 Å². The smallest absolute Gasteiger partial charge is 0.289 e. The van der Waals surface area contributed by atoms with Gasteiger partial charge in [-0.1, -0.05) is 17.8 Å². The number of nitrogens with one attached hydrogen (secondary N) is 1. The molecule has 1 fully saturated rings. The molecule has 0 radical (unpaired) electrons. The number of anilines is 2. The lowest BCUT2D eigenvalue weighted by Gasteiger charge is -2.13. The van der Waals surface area contributed by atoms with Gasteiger partial charge < -0.3 is 11.1 Å². The fraction of sp³-hybridized carbons (Fsp3) is 0.250. The average molecular weight is 279 g/mol. The molecule has 0 aliphatic carbocycles. The van der Waals surface area contributed by atoms with Crippen LogP contribution in [0.3, 0.4) is 0 Å². The Kier molecular flexibility index (Phi) is 3.75. The summed E-state index contributed by atoms with van der Waals surface area (Å²) in [5.41, 5.74) is 7.76. The van der Waals surface area contributed by atoms with E-state index < -0.39 is 5.91 Å².